The van der Waals surface area contributed by atoms with E-state index in [0.717, 1.165) is 16.3 Å². The van der Waals surface area contributed by atoms with Crippen molar-refractivity contribution in [1.82, 2.24) is 5.43 Å². The largest absolute Gasteiger partial charge is 0.490 e. The van der Waals surface area contributed by atoms with Gasteiger partial charge in [0, 0.05) is 10.7 Å². The first-order valence-electron chi connectivity index (χ1n) is 11.3. The van der Waals surface area contributed by atoms with Crippen molar-refractivity contribution in [3.05, 3.63) is 101 Å². The predicted molar refractivity (Wildman–Crippen MR) is 142 cm³/mol. The number of hydrazone groups is 1. The topological polar surface area (TPSA) is 89.0 Å². The van der Waals surface area contributed by atoms with Gasteiger partial charge in [0.2, 0.25) is 0 Å². The Morgan fingerprint density at radius 2 is 1.67 bits per heavy atom. The van der Waals surface area contributed by atoms with E-state index in [9.17, 15) is 9.59 Å². The maximum Gasteiger partial charge on any atom is 0.329 e. The molecule has 0 fully saturated rings. The molecule has 182 valence electrons. The van der Waals surface area contributed by atoms with Crippen molar-refractivity contribution < 1.29 is 19.1 Å². The van der Waals surface area contributed by atoms with E-state index in [1.807, 2.05) is 31.2 Å². The van der Waals surface area contributed by atoms with Gasteiger partial charge in [-0.3, -0.25) is 9.59 Å². The molecule has 2 amide bonds. The van der Waals surface area contributed by atoms with Crippen LogP contribution in [0.1, 0.15) is 18.1 Å². The lowest BCUT2D eigenvalue weighted by molar-refractivity contribution is -0.136. The van der Waals surface area contributed by atoms with Gasteiger partial charge in [0.15, 0.2) is 11.5 Å². The van der Waals surface area contributed by atoms with Crippen LogP contribution in [0.3, 0.4) is 0 Å². The molecule has 0 atom stereocenters. The summed E-state index contributed by atoms with van der Waals surface area (Å²) in [5.74, 6) is -0.607. The number of rotatable bonds is 8. The molecule has 4 aromatic carbocycles. The Hall–Kier alpha value is -4.36. The summed E-state index contributed by atoms with van der Waals surface area (Å²) in [4.78, 5) is 24.1. The number of ether oxygens (including phenoxy) is 2. The molecule has 0 saturated carbocycles. The van der Waals surface area contributed by atoms with E-state index in [2.05, 4.69) is 34.0 Å². The zero-order valence-corrected chi connectivity index (χ0v) is 20.3. The van der Waals surface area contributed by atoms with Gasteiger partial charge in [0.05, 0.1) is 12.8 Å². The first kappa shape index (κ1) is 24.8. The second-order valence-corrected chi connectivity index (χ2v) is 8.16. The lowest BCUT2D eigenvalue weighted by Gasteiger charge is -2.13. The van der Waals surface area contributed by atoms with E-state index in [1.165, 1.54) is 6.21 Å². The molecule has 0 spiro atoms. The summed E-state index contributed by atoms with van der Waals surface area (Å²) in [6.07, 6.45) is 1.42. The van der Waals surface area contributed by atoms with Crippen LogP contribution in [0.2, 0.25) is 5.02 Å². The Kier molecular flexibility index (Phi) is 8.16. The molecule has 0 bridgehead atoms. The van der Waals surface area contributed by atoms with E-state index in [-0.39, 0.29) is 0 Å². The maximum absolute atomic E-state index is 12.0. The van der Waals surface area contributed by atoms with Crippen LogP contribution < -0.4 is 20.2 Å². The minimum Gasteiger partial charge on any atom is -0.490 e. The van der Waals surface area contributed by atoms with Crippen molar-refractivity contribution >= 4 is 46.1 Å². The molecule has 7 nitrogen and oxygen atoms in total. The van der Waals surface area contributed by atoms with Gasteiger partial charge in [-0.15, -0.1) is 0 Å². The summed E-state index contributed by atoms with van der Waals surface area (Å²) >= 11 is 5.82. The number of benzene rings is 4. The minimum atomic E-state index is -0.902. The molecule has 36 heavy (non-hydrogen) atoms. The highest BCUT2D eigenvalue weighted by Gasteiger charge is 2.13. The summed E-state index contributed by atoms with van der Waals surface area (Å²) in [5, 5.41) is 9.16. The number of hydrogen-bond donors (Lipinski definition) is 2. The predicted octanol–water partition coefficient (Wildman–Crippen LogP) is 5.56. The zero-order valence-electron chi connectivity index (χ0n) is 19.5. The van der Waals surface area contributed by atoms with Gasteiger partial charge in [-0.25, -0.2) is 5.43 Å². The average Bonchev–Trinajstić information content (AvgIpc) is 2.89. The SMILES string of the molecule is CCOc1cc(/C=N/NC(=O)C(=O)Nc2ccc(Cl)cc2)ccc1OCc1cccc2ccccc12. The zero-order chi connectivity index (χ0) is 25.3. The monoisotopic (exact) mass is 501 g/mol. The van der Waals surface area contributed by atoms with Crippen LogP contribution >= 0.6 is 11.6 Å². The molecule has 0 heterocycles. The molecule has 2 N–H and O–H groups in total. The van der Waals surface area contributed by atoms with E-state index in [1.54, 1.807) is 42.5 Å². The molecule has 0 aromatic heterocycles. The van der Waals surface area contributed by atoms with Gasteiger partial charge >= 0.3 is 11.8 Å². The Morgan fingerprint density at radius 1 is 0.889 bits per heavy atom. The van der Waals surface area contributed by atoms with Crippen LogP contribution in [-0.4, -0.2) is 24.6 Å². The van der Waals surface area contributed by atoms with Crippen molar-refractivity contribution in [2.24, 2.45) is 5.10 Å². The molecule has 0 radical (unpaired) electrons. The van der Waals surface area contributed by atoms with Crippen LogP contribution in [0.4, 0.5) is 5.69 Å². The fraction of sp³-hybridized carbons (Fsp3) is 0.107. The molecule has 0 aliphatic rings. The smallest absolute Gasteiger partial charge is 0.329 e. The fourth-order valence-corrected chi connectivity index (χ4v) is 3.63. The van der Waals surface area contributed by atoms with Crippen molar-refractivity contribution in [3.8, 4) is 11.5 Å². The van der Waals surface area contributed by atoms with E-state index >= 15 is 0 Å². The number of nitrogens with zero attached hydrogens (tertiary/aromatic N) is 1. The number of halogens is 1. The van der Waals surface area contributed by atoms with Crippen LogP contribution in [0, 0.1) is 0 Å². The Balaban J connectivity index is 1.38. The van der Waals surface area contributed by atoms with Gasteiger partial charge < -0.3 is 14.8 Å². The van der Waals surface area contributed by atoms with Gasteiger partial charge in [-0.1, -0.05) is 54.1 Å². The van der Waals surface area contributed by atoms with E-state index in [0.29, 0.717) is 41.0 Å². The Morgan fingerprint density at radius 3 is 2.47 bits per heavy atom. The van der Waals surface area contributed by atoms with Gasteiger partial charge in [0.25, 0.3) is 0 Å². The lowest BCUT2D eigenvalue weighted by atomic mass is 10.1. The first-order chi connectivity index (χ1) is 17.5. The van der Waals surface area contributed by atoms with E-state index in [4.69, 9.17) is 21.1 Å². The summed E-state index contributed by atoms with van der Waals surface area (Å²) in [5.41, 5.74) is 4.39. The lowest BCUT2D eigenvalue weighted by Crippen LogP contribution is -2.32. The van der Waals surface area contributed by atoms with Crippen molar-refractivity contribution in [2.75, 3.05) is 11.9 Å². The third-order valence-corrected chi connectivity index (χ3v) is 5.47. The maximum atomic E-state index is 12.0. The minimum absolute atomic E-state index is 0.383. The molecule has 0 unspecified atom stereocenters. The highest BCUT2D eigenvalue weighted by Crippen LogP contribution is 2.30. The number of carbonyl (C=O) groups is 2. The molecule has 4 aromatic rings. The van der Waals surface area contributed by atoms with Crippen LogP contribution in [0.5, 0.6) is 11.5 Å². The number of anilines is 1. The molecule has 0 aliphatic carbocycles. The molecular weight excluding hydrogens is 478 g/mol. The highest BCUT2D eigenvalue weighted by atomic mass is 35.5. The molecular formula is C28H24ClN3O4. The molecule has 8 heteroatoms. The number of fused-ring (bicyclic) bond motifs is 1. The van der Waals surface area contributed by atoms with Crippen LogP contribution in [0.25, 0.3) is 10.8 Å². The van der Waals surface area contributed by atoms with Crippen molar-refractivity contribution in [3.63, 3.8) is 0 Å². The Bertz CT molecular complexity index is 1400. The number of carbonyl (C=O) groups excluding carboxylic acids is 2. The normalized spacial score (nSPS) is 10.8. The van der Waals surface area contributed by atoms with Crippen LogP contribution in [0.15, 0.2) is 90.0 Å². The highest BCUT2D eigenvalue weighted by molar-refractivity contribution is 6.39. The van der Waals surface area contributed by atoms with Crippen molar-refractivity contribution in [1.29, 1.82) is 0 Å². The van der Waals surface area contributed by atoms with Gasteiger partial charge in [-0.05, 0) is 71.3 Å². The average molecular weight is 502 g/mol. The van der Waals surface area contributed by atoms with Gasteiger partial charge in [-0.2, -0.15) is 5.10 Å². The third kappa shape index (κ3) is 6.40. The van der Waals surface area contributed by atoms with Crippen LogP contribution in [-0.2, 0) is 16.2 Å². The second kappa shape index (κ2) is 11.9. The van der Waals surface area contributed by atoms with Crippen molar-refractivity contribution in [2.45, 2.75) is 13.5 Å². The molecule has 4 rings (SSSR count). The fourth-order valence-electron chi connectivity index (χ4n) is 3.50. The first-order valence-corrected chi connectivity index (χ1v) is 11.7. The molecule has 0 aliphatic heterocycles. The number of nitrogens with one attached hydrogen (secondary N) is 2. The summed E-state index contributed by atoms with van der Waals surface area (Å²) in [7, 11) is 0. The third-order valence-electron chi connectivity index (χ3n) is 5.22. The van der Waals surface area contributed by atoms with E-state index < -0.39 is 11.8 Å². The number of hydrogen-bond acceptors (Lipinski definition) is 5. The van der Waals surface area contributed by atoms with Gasteiger partial charge in [0.1, 0.15) is 6.61 Å². The second-order valence-electron chi connectivity index (χ2n) is 7.73. The summed E-state index contributed by atoms with van der Waals surface area (Å²) < 4.78 is 11.8. The summed E-state index contributed by atoms with van der Waals surface area (Å²) in [6.45, 7) is 2.72. The quantitative estimate of drug-likeness (QED) is 0.188. The Labute approximate surface area is 213 Å². The molecule has 0 saturated heterocycles. The standard InChI is InChI=1S/C28H24ClN3O4/c1-2-35-26-16-19(17-30-32-28(34)27(33)31-23-13-11-22(29)12-14-23)10-15-25(26)36-18-21-8-5-7-20-6-3-4-9-24(20)21/h3-17H,2,18H2,1H3,(H,31,33)(H,32,34)/b30-17+. The summed E-state index contributed by atoms with van der Waals surface area (Å²) in [6, 6.07) is 26.0. The number of amides is 2.